The Morgan fingerprint density at radius 3 is 2.81 bits per heavy atom. The molecule has 16 heavy (non-hydrogen) atoms. The van der Waals surface area contributed by atoms with Gasteiger partial charge in [-0.05, 0) is 18.1 Å². The molecule has 0 radical (unpaired) electrons. The van der Waals surface area contributed by atoms with Crippen LogP contribution < -0.4 is 10.6 Å². The summed E-state index contributed by atoms with van der Waals surface area (Å²) in [4.78, 5) is 11.4. The van der Waals surface area contributed by atoms with Crippen LogP contribution in [0.3, 0.4) is 0 Å². The molecule has 0 atom stereocenters. The van der Waals surface area contributed by atoms with E-state index in [1.165, 1.54) is 5.69 Å². The van der Waals surface area contributed by atoms with Crippen molar-refractivity contribution < 1.29 is 4.79 Å². The molecule has 1 aromatic heterocycles. The lowest BCUT2D eigenvalue weighted by molar-refractivity contribution is -0.120. The van der Waals surface area contributed by atoms with Gasteiger partial charge in [0, 0.05) is 32.0 Å². The maximum Gasteiger partial charge on any atom is 0.233 e. The molecule has 0 aliphatic carbocycles. The van der Waals surface area contributed by atoms with Gasteiger partial charge >= 0.3 is 0 Å². The summed E-state index contributed by atoms with van der Waals surface area (Å²) in [6.45, 7) is 6.00. The third kappa shape index (κ3) is 4.49. The molecule has 0 aliphatic heterocycles. The number of aryl methyl sites for hydroxylation is 1. The van der Waals surface area contributed by atoms with Crippen molar-refractivity contribution in [2.45, 2.75) is 20.4 Å². The van der Waals surface area contributed by atoms with Crippen molar-refractivity contribution in [3.63, 3.8) is 0 Å². The molecule has 1 rings (SSSR count). The number of rotatable bonds is 6. The predicted octanol–water partition coefficient (Wildman–Crippen LogP) is 0.887. The summed E-state index contributed by atoms with van der Waals surface area (Å²) in [5.74, 6) is 0.555. The number of nitrogens with one attached hydrogen (secondary N) is 2. The summed E-state index contributed by atoms with van der Waals surface area (Å²) in [5, 5.41) is 5.99. The zero-order chi connectivity index (χ0) is 12.0. The van der Waals surface area contributed by atoms with E-state index in [0.717, 1.165) is 13.1 Å². The van der Waals surface area contributed by atoms with Gasteiger partial charge in [-0.1, -0.05) is 13.8 Å². The van der Waals surface area contributed by atoms with Gasteiger partial charge < -0.3 is 15.2 Å². The number of hydrogen-bond acceptors (Lipinski definition) is 2. The highest BCUT2D eigenvalue weighted by molar-refractivity contribution is 5.77. The van der Waals surface area contributed by atoms with Crippen molar-refractivity contribution in [2.75, 3.05) is 13.1 Å². The second kappa shape index (κ2) is 6.33. The second-order valence-corrected chi connectivity index (χ2v) is 4.41. The largest absolute Gasteiger partial charge is 0.355 e. The molecule has 1 heterocycles. The molecule has 90 valence electrons. The zero-order valence-electron chi connectivity index (χ0n) is 10.3. The average Bonchev–Trinajstić information content (AvgIpc) is 2.61. The summed E-state index contributed by atoms with van der Waals surface area (Å²) in [6.07, 6.45) is 2.00. The van der Waals surface area contributed by atoms with Crippen LogP contribution in [-0.4, -0.2) is 23.6 Å². The van der Waals surface area contributed by atoms with Crippen molar-refractivity contribution in [3.05, 3.63) is 24.0 Å². The highest BCUT2D eigenvalue weighted by Gasteiger charge is 2.02. The minimum absolute atomic E-state index is 0.0582. The minimum Gasteiger partial charge on any atom is -0.355 e. The normalized spacial score (nSPS) is 10.8. The van der Waals surface area contributed by atoms with E-state index in [1.807, 2.05) is 29.9 Å². The number of aromatic nitrogens is 1. The van der Waals surface area contributed by atoms with Gasteiger partial charge in [0.2, 0.25) is 5.91 Å². The molecular weight excluding hydrogens is 202 g/mol. The Labute approximate surface area is 97.0 Å². The van der Waals surface area contributed by atoms with Crippen LogP contribution in [0.4, 0.5) is 0 Å². The van der Waals surface area contributed by atoms with Crippen LogP contribution in [-0.2, 0) is 18.4 Å². The fraction of sp³-hybridized carbons (Fsp3) is 0.583. The molecule has 0 aliphatic rings. The van der Waals surface area contributed by atoms with Crippen LogP contribution in [0.5, 0.6) is 0 Å². The first-order valence-corrected chi connectivity index (χ1v) is 5.67. The predicted molar refractivity (Wildman–Crippen MR) is 65.0 cm³/mol. The van der Waals surface area contributed by atoms with E-state index in [4.69, 9.17) is 0 Å². The van der Waals surface area contributed by atoms with Crippen LogP contribution in [0.2, 0.25) is 0 Å². The van der Waals surface area contributed by atoms with Gasteiger partial charge in [-0.3, -0.25) is 4.79 Å². The monoisotopic (exact) mass is 223 g/mol. The lowest BCUT2D eigenvalue weighted by Crippen LogP contribution is -2.35. The molecule has 0 saturated carbocycles. The Hall–Kier alpha value is -1.29. The molecule has 2 N–H and O–H groups in total. The topological polar surface area (TPSA) is 46.1 Å². The first-order chi connectivity index (χ1) is 7.59. The highest BCUT2D eigenvalue weighted by Crippen LogP contribution is 1.97. The molecule has 0 saturated heterocycles. The number of carbonyl (C=O) groups excluding carboxylic acids is 1. The first kappa shape index (κ1) is 12.8. The molecule has 4 heteroatoms. The van der Waals surface area contributed by atoms with Gasteiger partial charge in [-0.2, -0.15) is 0 Å². The van der Waals surface area contributed by atoms with Crippen molar-refractivity contribution in [1.29, 1.82) is 0 Å². The van der Waals surface area contributed by atoms with E-state index in [9.17, 15) is 4.79 Å². The van der Waals surface area contributed by atoms with Gasteiger partial charge in [-0.25, -0.2) is 0 Å². The van der Waals surface area contributed by atoms with Gasteiger partial charge in [0.1, 0.15) is 0 Å². The van der Waals surface area contributed by atoms with Crippen molar-refractivity contribution >= 4 is 5.91 Å². The number of amides is 1. The summed E-state index contributed by atoms with van der Waals surface area (Å²) < 4.78 is 2.04. The Balaban J connectivity index is 2.16. The van der Waals surface area contributed by atoms with E-state index in [-0.39, 0.29) is 5.91 Å². The lowest BCUT2D eigenvalue weighted by Gasteiger charge is -2.09. The van der Waals surface area contributed by atoms with E-state index >= 15 is 0 Å². The fourth-order valence-corrected chi connectivity index (χ4v) is 1.36. The standard InChI is InChI=1S/C12H21N3O/c1-10(2)7-14-12(16)9-13-8-11-5-4-6-15(11)3/h4-6,10,13H,7-9H2,1-3H3,(H,14,16). The third-order valence-corrected chi connectivity index (χ3v) is 2.35. The molecule has 1 amide bonds. The Morgan fingerprint density at radius 1 is 1.50 bits per heavy atom. The van der Waals surface area contributed by atoms with E-state index in [0.29, 0.717) is 12.5 Å². The molecular formula is C12H21N3O. The smallest absolute Gasteiger partial charge is 0.233 e. The second-order valence-electron chi connectivity index (χ2n) is 4.41. The van der Waals surface area contributed by atoms with Gasteiger partial charge in [0.05, 0.1) is 6.54 Å². The van der Waals surface area contributed by atoms with E-state index in [2.05, 4.69) is 24.5 Å². The Bertz CT molecular complexity index is 331. The molecule has 1 aromatic rings. The minimum atomic E-state index is 0.0582. The fourth-order valence-electron chi connectivity index (χ4n) is 1.36. The average molecular weight is 223 g/mol. The summed E-state index contributed by atoms with van der Waals surface area (Å²) in [6, 6.07) is 4.04. The Morgan fingerprint density at radius 2 is 2.25 bits per heavy atom. The van der Waals surface area contributed by atoms with E-state index < -0.39 is 0 Å². The maximum atomic E-state index is 11.4. The van der Waals surface area contributed by atoms with Crippen molar-refractivity contribution in [3.8, 4) is 0 Å². The van der Waals surface area contributed by atoms with Crippen LogP contribution >= 0.6 is 0 Å². The van der Waals surface area contributed by atoms with Crippen LogP contribution in [0.15, 0.2) is 18.3 Å². The SMILES string of the molecule is CC(C)CNC(=O)CNCc1cccn1C. The summed E-state index contributed by atoms with van der Waals surface area (Å²) >= 11 is 0. The van der Waals surface area contributed by atoms with Crippen molar-refractivity contribution in [1.82, 2.24) is 15.2 Å². The molecule has 0 bridgehead atoms. The summed E-state index contributed by atoms with van der Waals surface area (Å²) in [7, 11) is 2.00. The number of nitrogens with zero attached hydrogens (tertiary/aromatic N) is 1. The van der Waals surface area contributed by atoms with Crippen molar-refractivity contribution in [2.24, 2.45) is 13.0 Å². The molecule has 0 fully saturated rings. The molecule has 0 aromatic carbocycles. The number of hydrogen-bond donors (Lipinski definition) is 2. The maximum absolute atomic E-state index is 11.4. The molecule has 4 nitrogen and oxygen atoms in total. The van der Waals surface area contributed by atoms with Crippen LogP contribution in [0.25, 0.3) is 0 Å². The van der Waals surface area contributed by atoms with Gasteiger partial charge in [0.15, 0.2) is 0 Å². The van der Waals surface area contributed by atoms with E-state index in [1.54, 1.807) is 0 Å². The highest BCUT2D eigenvalue weighted by atomic mass is 16.1. The molecule has 0 spiro atoms. The summed E-state index contributed by atoms with van der Waals surface area (Å²) in [5.41, 5.74) is 1.18. The lowest BCUT2D eigenvalue weighted by atomic mass is 10.2. The quantitative estimate of drug-likeness (QED) is 0.752. The third-order valence-electron chi connectivity index (χ3n) is 2.35. The Kier molecular flexibility index (Phi) is 5.05. The first-order valence-electron chi connectivity index (χ1n) is 5.67. The van der Waals surface area contributed by atoms with Gasteiger partial charge in [0.25, 0.3) is 0 Å². The van der Waals surface area contributed by atoms with Gasteiger partial charge in [-0.15, -0.1) is 0 Å². The number of carbonyl (C=O) groups is 1. The van der Waals surface area contributed by atoms with Crippen LogP contribution in [0, 0.1) is 5.92 Å². The molecule has 0 unspecified atom stereocenters. The zero-order valence-corrected chi connectivity index (χ0v) is 10.3. The van der Waals surface area contributed by atoms with Crippen LogP contribution in [0.1, 0.15) is 19.5 Å².